The number of methoxy groups -OCH3 is 1. The molecule has 1 fully saturated rings. The average molecular weight is 565 g/mol. The SMILES string of the molecule is CCCOc1ccc(N2C(=O)NC(=O)/C(=C/c3ccc(OCc4ccc(Br)cc4)c(OC)c3)C2=O)cc1. The van der Waals surface area contributed by atoms with Crippen molar-refractivity contribution in [1.29, 1.82) is 0 Å². The fraction of sp³-hybridized carbons (Fsp3) is 0.179. The maximum atomic E-state index is 13.2. The first-order valence-electron chi connectivity index (χ1n) is 11.6. The highest BCUT2D eigenvalue weighted by molar-refractivity contribution is 9.10. The Labute approximate surface area is 223 Å². The van der Waals surface area contributed by atoms with Gasteiger partial charge in [0.15, 0.2) is 11.5 Å². The summed E-state index contributed by atoms with van der Waals surface area (Å²) in [4.78, 5) is 39.2. The lowest BCUT2D eigenvalue weighted by Gasteiger charge is -2.26. The summed E-state index contributed by atoms with van der Waals surface area (Å²) in [7, 11) is 1.51. The standard InChI is InChI=1S/C28H25BrN2O6/c1-3-14-36-22-11-9-21(10-12-22)31-27(33)23(26(32)30-28(31)34)15-19-6-13-24(25(16-19)35-2)37-17-18-4-7-20(29)8-5-18/h4-13,15-16H,3,14,17H2,1-2H3,(H,30,32,34)/b23-15-. The molecule has 190 valence electrons. The lowest BCUT2D eigenvalue weighted by Crippen LogP contribution is -2.54. The van der Waals surface area contributed by atoms with Crippen LogP contribution in [-0.2, 0) is 16.2 Å². The van der Waals surface area contributed by atoms with Gasteiger partial charge < -0.3 is 14.2 Å². The molecule has 9 heteroatoms. The third-order valence-electron chi connectivity index (χ3n) is 5.48. The van der Waals surface area contributed by atoms with Crippen LogP contribution in [0.5, 0.6) is 17.2 Å². The van der Waals surface area contributed by atoms with Gasteiger partial charge in [-0.3, -0.25) is 14.9 Å². The summed E-state index contributed by atoms with van der Waals surface area (Å²) in [6.45, 7) is 2.89. The van der Waals surface area contributed by atoms with Gasteiger partial charge in [-0.1, -0.05) is 41.1 Å². The third kappa shape index (κ3) is 6.18. The number of imide groups is 2. The van der Waals surface area contributed by atoms with Crippen LogP contribution in [0.15, 0.2) is 76.8 Å². The molecular weight excluding hydrogens is 540 g/mol. The average Bonchev–Trinajstić information content (AvgIpc) is 2.90. The molecule has 3 aromatic rings. The summed E-state index contributed by atoms with van der Waals surface area (Å²) in [5, 5.41) is 2.23. The molecule has 0 saturated carbocycles. The van der Waals surface area contributed by atoms with Crippen LogP contribution in [-0.4, -0.2) is 31.6 Å². The number of benzene rings is 3. The van der Waals surface area contributed by atoms with E-state index in [-0.39, 0.29) is 5.57 Å². The number of rotatable bonds is 9. The quantitative estimate of drug-likeness (QED) is 0.273. The maximum Gasteiger partial charge on any atom is 0.335 e. The molecule has 0 atom stereocenters. The second kappa shape index (κ2) is 11.7. The van der Waals surface area contributed by atoms with Gasteiger partial charge in [0.25, 0.3) is 11.8 Å². The Morgan fingerprint density at radius 2 is 1.65 bits per heavy atom. The van der Waals surface area contributed by atoms with E-state index in [0.29, 0.717) is 41.7 Å². The number of hydrogen-bond acceptors (Lipinski definition) is 6. The predicted molar refractivity (Wildman–Crippen MR) is 143 cm³/mol. The molecule has 1 aliphatic rings. The zero-order valence-electron chi connectivity index (χ0n) is 20.3. The van der Waals surface area contributed by atoms with Gasteiger partial charge in [-0.15, -0.1) is 0 Å². The number of nitrogens with zero attached hydrogens (tertiary/aromatic N) is 1. The number of carbonyl (C=O) groups is 3. The second-order valence-electron chi connectivity index (χ2n) is 8.13. The van der Waals surface area contributed by atoms with E-state index in [1.54, 1.807) is 42.5 Å². The molecular formula is C28H25BrN2O6. The molecule has 0 radical (unpaired) electrons. The number of urea groups is 1. The molecule has 4 rings (SSSR count). The van der Waals surface area contributed by atoms with Crippen LogP contribution in [0.4, 0.5) is 10.5 Å². The van der Waals surface area contributed by atoms with Crippen LogP contribution in [0.1, 0.15) is 24.5 Å². The van der Waals surface area contributed by atoms with Crippen molar-refractivity contribution in [3.63, 3.8) is 0 Å². The van der Waals surface area contributed by atoms with E-state index in [2.05, 4.69) is 21.2 Å². The largest absolute Gasteiger partial charge is 0.494 e. The van der Waals surface area contributed by atoms with E-state index < -0.39 is 17.8 Å². The number of halogens is 1. The Morgan fingerprint density at radius 1 is 0.919 bits per heavy atom. The van der Waals surface area contributed by atoms with Gasteiger partial charge in [0.2, 0.25) is 0 Å². The van der Waals surface area contributed by atoms with Crippen LogP contribution in [0.25, 0.3) is 6.08 Å². The molecule has 1 aliphatic heterocycles. The Balaban J connectivity index is 1.54. The molecule has 0 bridgehead atoms. The first kappa shape index (κ1) is 26.0. The summed E-state index contributed by atoms with van der Waals surface area (Å²) in [6, 6.07) is 18.5. The predicted octanol–water partition coefficient (Wildman–Crippen LogP) is 5.49. The van der Waals surface area contributed by atoms with Gasteiger partial charge in [-0.25, -0.2) is 9.69 Å². The summed E-state index contributed by atoms with van der Waals surface area (Å²) in [6.07, 6.45) is 2.27. The van der Waals surface area contributed by atoms with Crippen molar-refractivity contribution in [2.24, 2.45) is 0 Å². The Kier molecular flexibility index (Phi) is 8.25. The zero-order chi connectivity index (χ0) is 26.4. The number of hydrogen-bond donors (Lipinski definition) is 1. The zero-order valence-corrected chi connectivity index (χ0v) is 21.9. The molecule has 4 amide bonds. The highest BCUT2D eigenvalue weighted by Gasteiger charge is 2.36. The monoisotopic (exact) mass is 564 g/mol. The molecule has 1 saturated heterocycles. The smallest absolute Gasteiger partial charge is 0.335 e. The maximum absolute atomic E-state index is 13.2. The Morgan fingerprint density at radius 3 is 2.32 bits per heavy atom. The lowest BCUT2D eigenvalue weighted by molar-refractivity contribution is -0.122. The van der Waals surface area contributed by atoms with Crippen molar-refractivity contribution in [1.82, 2.24) is 5.32 Å². The van der Waals surface area contributed by atoms with Crippen molar-refractivity contribution in [2.45, 2.75) is 20.0 Å². The van der Waals surface area contributed by atoms with Crippen molar-refractivity contribution >= 4 is 45.5 Å². The number of amides is 4. The number of anilines is 1. The number of carbonyl (C=O) groups excluding carboxylic acids is 3. The van der Waals surface area contributed by atoms with Gasteiger partial charge in [0, 0.05) is 4.47 Å². The molecule has 3 aromatic carbocycles. The highest BCUT2D eigenvalue weighted by atomic mass is 79.9. The van der Waals surface area contributed by atoms with Gasteiger partial charge in [0.1, 0.15) is 17.9 Å². The van der Waals surface area contributed by atoms with Crippen LogP contribution in [0, 0.1) is 0 Å². The van der Waals surface area contributed by atoms with Crippen LogP contribution in [0.3, 0.4) is 0 Å². The molecule has 0 aromatic heterocycles. The minimum absolute atomic E-state index is 0.184. The normalized spacial score (nSPS) is 14.5. The Hall–Kier alpha value is -4.11. The third-order valence-corrected chi connectivity index (χ3v) is 6.00. The van der Waals surface area contributed by atoms with E-state index in [1.807, 2.05) is 31.2 Å². The fourth-order valence-corrected chi connectivity index (χ4v) is 3.87. The second-order valence-corrected chi connectivity index (χ2v) is 9.04. The summed E-state index contributed by atoms with van der Waals surface area (Å²) in [5.41, 5.74) is 1.65. The first-order chi connectivity index (χ1) is 17.9. The Bertz CT molecular complexity index is 1340. The molecule has 0 unspecified atom stereocenters. The van der Waals surface area contributed by atoms with Crippen molar-refractivity contribution in [2.75, 3.05) is 18.6 Å². The van der Waals surface area contributed by atoms with Crippen LogP contribution >= 0.6 is 15.9 Å². The van der Waals surface area contributed by atoms with Gasteiger partial charge in [0.05, 0.1) is 19.4 Å². The van der Waals surface area contributed by atoms with Crippen molar-refractivity contribution < 1.29 is 28.6 Å². The minimum atomic E-state index is -0.816. The molecule has 37 heavy (non-hydrogen) atoms. The fourth-order valence-electron chi connectivity index (χ4n) is 3.60. The van der Waals surface area contributed by atoms with E-state index in [1.165, 1.54) is 13.2 Å². The first-order valence-corrected chi connectivity index (χ1v) is 12.4. The van der Waals surface area contributed by atoms with E-state index >= 15 is 0 Å². The van der Waals surface area contributed by atoms with Gasteiger partial charge in [-0.05, 0) is 72.2 Å². The molecule has 8 nitrogen and oxygen atoms in total. The van der Waals surface area contributed by atoms with Gasteiger partial charge in [-0.2, -0.15) is 0 Å². The van der Waals surface area contributed by atoms with E-state index in [0.717, 1.165) is 21.4 Å². The summed E-state index contributed by atoms with van der Waals surface area (Å²) < 4.78 is 17.9. The summed E-state index contributed by atoms with van der Waals surface area (Å²) >= 11 is 3.41. The van der Waals surface area contributed by atoms with E-state index in [4.69, 9.17) is 14.2 Å². The molecule has 0 spiro atoms. The lowest BCUT2D eigenvalue weighted by atomic mass is 10.1. The van der Waals surface area contributed by atoms with Crippen LogP contribution < -0.4 is 24.4 Å². The van der Waals surface area contributed by atoms with Crippen LogP contribution in [0.2, 0.25) is 0 Å². The topological polar surface area (TPSA) is 94.2 Å². The van der Waals surface area contributed by atoms with Crippen molar-refractivity contribution in [3.05, 3.63) is 87.9 Å². The van der Waals surface area contributed by atoms with Crippen molar-refractivity contribution in [3.8, 4) is 17.2 Å². The molecule has 1 heterocycles. The summed E-state index contributed by atoms with van der Waals surface area (Å²) in [5.74, 6) is 0.0611. The number of ether oxygens (including phenoxy) is 3. The molecule has 0 aliphatic carbocycles. The van der Waals surface area contributed by atoms with Gasteiger partial charge >= 0.3 is 6.03 Å². The number of barbiturate groups is 1. The molecule has 1 N–H and O–H groups in total. The van der Waals surface area contributed by atoms with E-state index in [9.17, 15) is 14.4 Å². The highest BCUT2D eigenvalue weighted by Crippen LogP contribution is 2.31. The number of nitrogens with one attached hydrogen (secondary N) is 1. The minimum Gasteiger partial charge on any atom is -0.494 e.